The molecule has 0 saturated heterocycles. The van der Waals surface area contributed by atoms with Gasteiger partial charge in [0.25, 0.3) is 0 Å². The highest BCUT2D eigenvalue weighted by Gasteiger charge is 2.16. The molecule has 23 heavy (non-hydrogen) atoms. The standard InChI is InChI=1S/C16H26N4O2S/c1-3-11(2)17-14(21)9-13-10-23-16(19-13)20-15(22)18-12-7-5-4-6-8-12/h10-12H,3-9H2,1-2H3,(H,17,21)(H2,18,19,20,22). The molecule has 1 heterocycles. The lowest BCUT2D eigenvalue weighted by atomic mass is 9.96. The second-order valence-corrected chi connectivity index (χ2v) is 6.99. The zero-order chi connectivity index (χ0) is 16.7. The Bertz CT molecular complexity index is 526. The van der Waals surface area contributed by atoms with Crippen molar-refractivity contribution in [2.24, 2.45) is 0 Å². The normalized spacial score (nSPS) is 16.6. The molecule has 1 aliphatic rings. The Hall–Kier alpha value is -1.63. The fourth-order valence-electron chi connectivity index (χ4n) is 2.60. The summed E-state index contributed by atoms with van der Waals surface area (Å²) in [5, 5.41) is 11.0. The van der Waals surface area contributed by atoms with Crippen LogP contribution in [0.15, 0.2) is 5.38 Å². The summed E-state index contributed by atoms with van der Waals surface area (Å²) < 4.78 is 0. The number of hydrogen-bond acceptors (Lipinski definition) is 4. The van der Waals surface area contributed by atoms with Crippen LogP contribution >= 0.6 is 11.3 Å². The van der Waals surface area contributed by atoms with Gasteiger partial charge >= 0.3 is 6.03 Å². The lowest BCUT2D eigenvalue weighted by Crippen LogP contribution is -2.39. The third-order valence-electron chi connectivity index (χ3n) is 4.07. The van der Waals surface area contributed by atoms with Gasteiger partial charge in [0.15, 0.2) is 5.13 Å². The van der Waals surface area contributed by atoms with Crippen LogP contribution in [0.2, 0.25) is 0 Å². The minimum absolute atomic E-state index is 0.0390. The maximum absolute atomic E-state index is 12.0. The van der Waals surface area contributed by atoms with Crippen LogP contribution in [-0.4, -0.2) is 29.0 Å². The van der Waals surface area contributed by atoms with E-state index in [1.165, 1.54) is 30.6 Å². The molecule has 2 rings (SSSR count). The molecule has 1 saturated carbocycles. The number of thiazole rings is 1. The highest BCUT2D eigenvalue weighted by molar-refractivity contribution is 7.13. The smallest absolute Gasteiger partial charge is 0.321 e. The average molecular weight is 338 g/mol. The van der Waals surface area contributed by atoms with Gasteiger partial charge in [-0.2, -0.15) is 0 Å². The summed E-state index contributed by atoms with van der Waals surface area (Å²) in [5.74, 6) is -0.0390. The van der Waals surface area contributed by atoms with E-state index < -0.39 is 0 Å². The molecule has 0 aromatic carbocycles. The van der Waals surface area contributed by atoms with Crippen molar-refractivity contribution in [2.45, 2.75) is 70.9 Å². The van der Waals surface area contributed by atoms with E-state index in [0.717, 1.165) is 19.3 Å². The van der Waals surface area contributed by atoms with E-state index in [0.29, 0.717) is 10.8 Å². The summed E-state index contributed by atoms with van der Waals surface area (Å²) in [4.78, 5) is 28.1. The SMILES string of the molecule is CCC(C)NC(=O)Cc1csc(NC(=O)NC2CCCCC2)n1. The Morgan fingerprint density at radius 2 is 2.09 bits per heavy atom. The fourth-order valence-corrected chi connectivity index (χ4v) is 3.31. The van der Waals surface area contributed by atoms with Crippen molar-refractivity contribution in [3.05, 3.63) is 11.1 Å². The first-order valence-electron chi connectivity index (χ1n) is 8.38. The van der Waals surface area contributed by atoms with Crippen molar-refractivity contribution in [2.75, 3.05) is 5.32 Å². The lowest BCUT2D eigenvalue weighted by Gasteiger charge is -2.22. The number of anilines is 1. The molecule has 1 unspecified atom stereocenters. The molecule has 0 aliphatic heterocycles. The predicted octanol–water partition coefficient (Wildman–Crippen LogP) is 3.05. The second-order valence-electron chi connectivity index (χ2n) is 6.13. The van der Waals surface area contributed by atoms with Gasteiger partial charge in [-0.1, -0.05) is 26.2 Å². The van der Waals surface area contributed by atoms with Crippen LogP contribution in [0.1, 0.15) is 58.1 Å². The van der Waals surface area contributed by atoms with Gasteiger partial charge in [0.05, 0.1) is 12.1 Å². The minimum atomic E-state index is -0.207. The molecule has 0 spiro atoms. The number of nitrogens with zero attached hydrogens (tertiary/aromatic N) is 1. The van der Waals surface area contributed by atoms with Crippen molar-refractivity contribution in [1.82, 2.24) is 15.6 Å². The van der Waals surface area contributed by atoms with Crippen LogP contribution in [0.4, 0.5) is 9.93 Å². The molecule has 1 aromatic rings. The Morgan fingerprint density at radius 3 is 2.78 bits per heavy atom. The van der Waals surface area contributed by atoms with Crippen molar-refractivity contribution >= 4 is 28.4 Å². The molecule has 1 fully saturated rings. The maximum Gasteiger partial charge on any atom is 0.321 e. The van der Waals surface area contributed by atoms with Crippen molar-refractivity contribution < 1.29 is 9.59 Å². The molecule has 1 aliphatic carbocycles. The van der Waals surface area contributed by atoms with E-state index in [2.05, 4.69) is 20.9 Å². The third kappa shape index (κ3) is 6.17. The molecule has 1 atom stereocenters. The molecule has 7 heteroatoms. The second kappa shape index (κ2) is 8.86. The summed E-state index contributed by atoms with van der Waals surface area (Å²) >= 11 is 1.34. The number of amides is 3. The molecule has 1 aromatic heterocycles. The Morgan fingerprint density at radius 1 is 1.35 bits per heavy atom. The zero-order valence-corrected chi connectivity index (χ0v) is 14.7. The number of aromatic nitrogens is 1. The van der Waals surface area contributed by atoms with Crippen LogP contribution in [0.5, 0.6) is 0 Å². The van der Waals surface area contributed by atoms with Gasteiger partial charge in [-0.25, -0.2) is 9.78 Å². The topological polar surface area (TPSA) is 83.1 Å². The van der Waals surface area contributed by atoms with Gasteiger partial charge < -0.3 is 10.6 Å². The quantitative estimate of drug-likeness (QED) is 0.745. The van der Waals surface area contributed by atoms with Crippen molar-refractivity contribution in [1.29, 1.82) is 0 Å². The lowest BCUT2D eigenvalue weighted by molar-refractivity contribution is -0.121. The number of hydrogen-bond donors (Lipinski definition) is 3. The molecule has 128 valence electrons. The first-order chi connectivity index (χ1) is 11.1. The molecular weight excluding hydrogens is 312 g/mol. The van der Waals surface area contributed by atoms with E-state index in [4.69, 9.17) is 0 Å². The van der Waals surface area contributed by atoms with Crippen LogP contribution in [-0.2, 0) is 11.2 Å². The molecule has 0 bridgehead atoms. The summed E-state index contributed by atoms with van der Waals surface area (Å²) in [7, 11) is 0. The largest absolute Gasteiger partial charge is 0.353 e. The molecule has 6 nitrogen and oxygen atoms in total. The van der Waals surface area contributed by atoms with Crippen LogP contribution in [0.3, 0.4) is 0 Å². The third-order valence-corrected chi connectivity index (χ3v) is 4.88. The number of rotatable bonds is 6. The number of urea groups is 1. The molecule has 3 N–H and O–H groups in total. The fraction of sp³-hybridized carbons (Fsp3) is 0.688. The van der Waals surface area contributed by atoms with Gasteiger partial charge in [0.2, 0.25) is 5.91 Å². The summed E-state index contributed by atoms with van der Waals surface area (Å²) in [6.07, 6.45) is 6.85. The van der Waals surface area contributed by atoms with E-state index in [1.54, 1.807) is 0 Å². The van der Waals surface area contributed by atoms with Gasteiger partial charge in [-0.05, 0) is 26.2 Å². The highest BCUT2D eigenvalue weighted by atomic mass is 32.1. The first kappa shape index (κ1) is 17.7. The van der Waals surface area contributed by atoms with Gasteiger partial charge in [0, 0.05) is 17.5 Å². The van der Waals surface area contributed by atoms with Gasteiger partial charge in [-0.15, -0.1) is 11.3 Å². The minimum Gasteiger partial charge on any atom is -0.353 e. The van der Waals surface area contributed by atoms with Crippen LogP contribution in [0.25, 0.3) is 0 Å². The van der Waals surface area contributed by atoms with Crippen LogP contribution < -0.4 is 16.0 Å². The molecular formula is C16H26N4O2S. The van der Waals surface area contributed by atoms with E-state index in [-0.39, 0.29) is 30.4 Å². The number of nitrogens with one attached hydrogen (secondary N) is 3. The van der Waals surface area contributed by atoms with Crippen LogP contribution in [0, 0.1) is 0 Å². The molecule has 0 radical (unpaired) electrons. The van der Waals surface area contributed by atoms with Crippen molar-refractivity contribution in [3.8, 4) is 0 Å². The predicted molar refractivity (Wildman–Crippen MR) is 92.7 cm³/mol. The Kier molecular flexibility index (Phi) is 6.83. The Balaban J connectivity index is 1.77. The monoisotopic (exact) mass is 338 g/mol. The van der Waals surface area contributed by atoms with Gasteiger partial charge in [-0.3, -0.25) is 10.1 Å². The number of carbonyl (C=O) groups is 2. The summed E-state index contributed by atoms with van der Waals surface area (Å²) in [5.41, 5.74) is 0.684. The van der Waals surface area contributed by atoms with E-state index in [9.17, 15) is 9.59 Å². The number of carbonyl (C=O) groups excluding carboxylic acids is 2. The first-order valence-corrected chi connectivity index (χ1v) is 9.26. The van der Waals surface area contributed by atoms with E-state index in [1.807, 2.05) is 19.2 Å². The zero-order valence-electron chi connectivity index (χ0n) is 13.9. The molecule has 3 amide bonds. The average Bonchev–Trinajstić information content (AvgIpc) is 2.94. The summed E-state index contributed by atoms with van der Waals surface area (Å²) in [6, 6.07) is 0.228. The van der Waals surface area contributed by atoms with Gasteiger partial charge in [0.1, 0.15) is 0 Å². The van der Waals surface area contributed by atoms with Crippen molar-refractivity contribution in [3.63, 3.8) is 0 Å². The maximum atomic E-state index is 12.0. The Labute approximate surface area is 141 Å². The van der Waals surface area contributed by atoms with E-state index >= 15 is 0 Å². The summed E-state index contributed by atoms with van der Waals surface area (Å²) in [6.45, 7) is 4.00. The highest BCUT2D eigenvalue weighted by Crippen LogP contribution is 2.19.